The number of likely N-dealkylation sites (N-methyl/N-ethyl adjacent to an activating group) is 1. The fourth-order valence-corrected chi connectivity index (χ4v) is 3.94. The second-order valence-corrected chi connectivity index (χ2v) is 6.56. The van der Waals surface area contributed by atoms with Crippen molar-refractivity contribution < 1.29 is 0 Å². The first kappa shape index (κ1) is 13.8. The van der Waals surface area contributed by atoms with Crippen LogP contribution in [0.25, 0.3) is 16.5 Å². The molecular weight excluding hydrogens is 292 g/mol. The molecule has 4 rings (SSSR count). The van der Waals surface area contributed by atoms with Gasteiger partial charge in [0.05, 0.1) is 6.04 Å². The zero-order valence-electron chi connectivity index (χ0n) is 12.8. The number of benzene rings is 1. The highest BCUT2D eigenvalue weighted by molar-refractivity contribution is 7.80. The topological polar surface area (TPSA) is 43.1 Å². The van der Waals surface area contributed by atoms with E-state index in [1.165, 1.54) is 27.6 Å². The maximum absolute atomic E-state index is 5.26. The molecule has 1 aliphatic heterocycles. The molecule has 0 saturated carbocycles. The number of rotatable bonds is 1. The van der Waals surface area contributed by atoms with Gasteiger partial charge in [0.25, 0.3) is 0 Å². The van der Waals surface area contributed by atoms with Crippen LogP contribution in [0.3, 0.4) is 0 Å². The molecule has 0 bridgehead atoms. The van der Waals surface area contributed by atoms with Crippen LogP contribution in [0.5, 0.6) is 0 Å². The summed E-state index contributed by atoms with van der Waals surface area (Å²) in [4.78, 5) is 5.84. The Kier molecular flexibility index (Phi) is 3.20. The van der Waals surface area contributed by atoms with Gasteiger partial charge in [0.2, 0.25) is 0 Å². The number of H-pyrrole nitrogens is 1. The van der Waals surface area contributed by atoms with Gasteiger partial charge >= 0.3 is 0 Å². The molecule has 0 radical (unpaired) electrons. The molecule has 3 N–H and O–H groups in total. The zero-order valence-corrected chi connectivity index (χ0v) is 13.6. The van der Waals surface area contributed by atoms with Gasteiger partial charge in [0.15, 0.2) is 5.11 Å². The lowest BCUT2D eigenvalue weighted by Gasteiger charge is -2.40. The van der Waals surface area contributed by atoms with Crippen LogP contribution in [0.15, 0.2) is 30.5 Å². The summed E-state index contributed by atoms with van der Waals surface area (Å²) in [6, 6.07) is 7.23. The van der Waals surface area contributed by atoms with Crippen LogP contribution in [0.1, 0.15) is 11.1 Å². The normalized spacial score (nSPS) is 23.8. The van der Waals surface area contributed by atoms with Crippen molar-refractivity contribution >= 4 is 33.8 Å². The van der Waals surface area contributed by atoms with Crippen molar-refractivity contribution in [2.45, 2.75) is 18.5 Å². The lowest BCUT2D eigenvalue weighted by atomic mass is 9.81. The minimum Gasteiger partial charge on any atom is -0.366 e. The Hall–Kier alpha value is -1.85. The summed E-state index contributed by atoms with van der Waals surface area (Å²) in [5, 5.41) is 8.46. The summed E-state index contributed by atoms with van der Waals surface area (Å²) in [7, 11) is 4.05. The molecule has 5 heteroatoms. The van der Waals surface area contributed by atoms with Gasteiger partial charge < -0.3 is 15.6 Å². The number of hydrogen-bond donors (Lipinski definition) is 3. The summed E-state index contributed by atoms with van der Waals surface area (Å²) in [6.45, 7) is 0.964. The Morgan fingerprint density at radius 1 is 1.41 bits per heavy atom. The predicted molar refractivity (Wildman–Crippen MR) is 95.0 cm³/mol. The average molecular weight is 312 g/mol. The molecule has 1 aromatic carbocycles. The molecule has 2 aliphatic rings. The van der Waals surface area contributed by atoms with Crippen LogP contribution in [0.2, 0.25) is 0 Å². The number of nitrogens with zero attached hydrogens (tertiary/aromatic N) is 1. The van der Waals surface area contributed by atoms with Gasteiger partial charge in [-0.05, 0) is 48.5 Å². The van der Waals surface area contributed by atoms with Crippen molar-refractivity contribution in [1.29, 1.82) is 0 Å². The number of aromatic nitrogens is 1. The minimum absolute atomic E-state index is 0.243. The van der Waals surface area contributed by atoms with E-state index in [2.05, 4.69) is 58.0 Å². The molecule has 22 heavy (non-hydrogen) atoms. The van der Waals surface area contributed by atoms with Crippen molar-refractivity contribution in [1.82, 2.24) is 20.5 Å². The van der Waals surface area contributed by atoms with Crippen LogP contribution in [-0.4, -0.2) is 47.7 Å². The summed E-state index contributed by atoms with van der Waals surface area (Å²) in [5.41, 5.74) is 5.44. The van der Waals surface area contributed by atoms with Crippen LogP contribution >= 0.6 is 12.2 Å². The predicted octanol–water partition coefficient (Wildman–Crippen LogP) is 1.88. The van der Waals surface area contributed by atoms with Crippen molar-refractivity contribution in [3.8, 4) is 0 Å². The Morgan fingerprint density at radius 2 is 2.27 bits per heavy atom. The van der Waals surface area contributed by atoms with E-state index in [9.17, 15) is 0 Å². The number of thiocarbonyl (C=S) groups is 1. The van der Waals surface area contributed by atoms with E-state index in [4.69, 9.17) is 12.2 Å². The highest BCUT2D eigenvalue weighted by atomic mass is 32.1. The Labute approximate surface area is 135 Å². The van der Waals surface area contributed by atoms with Gasteiger partial charge in [-0.1, -0.05) is 18.2 Å². The summed E-state index contributed by atoms with van der Waals surface area (Å²) < 4.78 is 0. The van der Waals surface area contributed by atoms with Crippen LogP contribution in [0.4, 0.5) is 0 Å². The van der Waals surface area contributed by atoms with Crippen molar-refractivity contribution in [2.75, 3.05) is 20.6 Å². The number of hydrogen-bond acceptors (Lipinski definition) is 2. The molecule has 0 fully saturated rings. The number of nitrogens with one attached hydrogen (secondary N) is 3. The van der Waals surface area contributed by atoms with Gasteiger partial charge in [0.1, 0.15) is 0 Å². The Bertz CT molecular complexity index is 776. The summed E-state index contributed by atoms with van der Waals surface area (Å²) in [5.74, 6) is 0. The standard InChI is InChI=1S/C17H20N4S/c1-18-17(22)20-11-7-13-12-4-3-5-14-16(12)10(8-19-14)6-15(13)21(2)9-11/h3-5,7-8,11,15,19H,6,9H2,1-2H3,(H2,18,20,22)/t11-,15-/m1/s1. The van der Waals surface area contributed by atoms with E-state index in [1.54, 1.807) is 0 Å². The van der Waals surface area contributed by atoms with E-state index in [0.717, 1.165) is 13.0 Å². The van der Waals surface area contributed by atoms with Crippen molar-refractivity contribution in [2.24, 2.45) is 0 Å². The van der Waals surface area contributed by atoms with Gasteiger partial charge in [-0.25, -0.2) is 0 Å². The highest BCUT2D eigenvalue weighted by Gasteiger charge is 2.33. The molecule has 2 heterocycles. The number of aromatic amines is 1. The maximum atomic E-state index is 5.26. The second-order valence-electron chi connectivity index (χ2n) is 6.15. The average Bonchev–Trinajstić information content (AvgIpc) is 2.93. The molecule has 1 aromatic heterocycles. The molecule has 114 valence electrons. The van der Waals surface area contributed by atoms with Gasteiger partial charge in [-0.15, -0.1) is 0 Å². The first-order chi connectivity index (χ1) is 10.7. The van der Waals surface area contributed by atoms with E-state index in [1.807, 2.05) is 7.05 Å². The molecule has 0 amide bonds. The molecular formula is C17H20N4S. The lowest BCUT2D eigenvalue weighted by Crippen LogP contribution is -2.51. The highest BCUT2D eigenvalue weighted by Crippen LogP contribution is 2.39. The fourth-order valence-electron chi connectivity index (χ4n) is 3.78. The quantitative estimate of drug-likeness (QED) is 0.704. The smallest absolute Gasteiger partial charge is 0.166 e. The third-order valence-electron chi connectivity index (χ3n) is 4.81. The molecule has 0 spiro atoms. The molecule has 0 unspecified atom stereocenters. The first-order valence-electron chi connectivity index (χ1n) is 7.67. The third-order valence-corrected chi connectivity index (χ3v) is 5.13. The third kappa shape index (κ3) is 2.04. The van der Waals surface area contributed by atoms with Crippen molar-refractivity contribution in [3.63, 3.8) is 0 Å². The summed E-state index contributed by atoms with van der Waals surface area (Å²) in [6.07, 6.45) is 5.60. The maximum Gasteiger partial charge on any atom is 0.166 e. The van der Waals surface area contributed by atoms with E-state index in [0.29, 0.717) is 11.2 Å². The fraction of sp³-hybridized carbons (Fsp3) is 0.353. The van der Waals surface area contributed by atoms with Crippen molar-refractivity contribution in [3.05, 3.63) is 41.6 Å². The monoisotopic (exact) mass is 312 g/mol. The van der Waals surface area contributed by atoms with E-state index >= 15 is 0 Å². The van der Waals surface area contributed by atoms with Gasteiger partial charge in [-0.2, -0.15) is 0 Å². The SMILES string of the molecule is CNC(=S)N[C@@H]1C=C2c3cccc4[nH]cc(c34)C[C@H]2N(C)C1. The van der Waals surface area contributed by atoms with Gasteiger partial charge in [0, 0.05) is 36.7 Å². The van der Waals surface area contributed by atoms with E-state index in [-0.39, 0.29) is 6.04 Å². The Morgan fingerprint density at radius 3 is 3.09 bits per heavy atom. The first-order valence-corrected chi connectivity index (χ1v) is 8.07. The molecule has 2 aromatic rings. The minimum atomic E-state index is 0.243. The van der Waals surface area contributed by atoms with Crippen LogP contribution in [-0.2, 0) is 6.42 Å². The molecule has 1 aliphatic carbocycles. The number of fused-ring (bicyclic) bond motifs is 2. The molecule has 0 saturated heterocycles. The van der Waals surface area contributed by atoms with E-state index < -0.39 is 0 Å². The largest absolute Gasteiger partial charge is 0.366 e. The molecule has 4 nitrogen and oxygen atoms in total. The summed E-state index contributed by atoms with van der Waals surface area (Å²) >= 11 is 5.26. The Balaban J connectivity index is 1.81. The molecule has 2 atom stereocenters. The second kappa shape index (κ2) is 5.11. The van der Waals surface area contributed by atoms with Crippen LogP contribution in [0, 0.1) is 0 Å². The lowest BCUT2D eigenvalue weighted by molar-refractivity contribution is 0.262. The van der Waals surface area contributed by atoms with Gasteiger partial charge in [-0.3, -0.25) is 4.90 Å². The zero-order chi connectivity index (χ0) is 15.3. The van der Waals surface area contributed by atoms with Crippen LogP contribution < -0.4 is 10.6 Å².